The van der Waals surface area contributed by atoms with Gasteiger partial charge in [-0.05, 0) is 24.5 Å². The van der Waals surface area contributed by atoms with Crippen LogP contribution in [0.2, 0.25) is 0 Å². The van der Waals surface area contributed by atoms with Crippen LogP contribution in [0.1, 0.15) is 41.4 Å². The van der Waals surface area contributed by atoms with Gasteiger partial charge in [0.1, 0.15) is 4.88 Å². The molecule has 2 aromatic heterocycles. The lowest BCUT2D eigenvalue weighted by atomic mass is 10.0. The van der Waals surface area contributed by atoms with Crippen molar-refractivity contribution in [3.63, 3.8) is 0 Å². The van der Waals surface area contributed by atoms with Gasteiger partial charge in [-0.2, -0.15) is 0 Å². The Morgan fingerprint density at radius 1 is 1.30 bits per heavy atom. The van der Waals surface area contributed by atoms with E-state index in [0.29, 0.717) is 4.88 Å². The fourth-order valence-corrected chi connectivity index (χ4v) is 5.03. The van der Waals surface area contributed by atoms with Crippen LogP contribution in [0.25, 0.3) is 10.9 Å². The highest BCUT2D eigenvalue weighted by Crippen LogP contribution is 2.25. The number of thiazole rings is 1. The number of nitrogens with one attached hydrogen (secondary N) is 2. The molecular weight excluding hydrogens is 394 g/mol. The van der Waals surface area contributed by atoms with Gasteiger partial charge in [-0.1, -0.05) is 49.3 Å². The number of para-hydroxylation sites is 1. The van der Waals surface area contributed by atoms with Crippen molar-refractivity contribution in [2.24, 2.45) is 7.05 Å². The first-order chi connectivity index (χ1) is 14.7. The van der Waals surface area contributed by atoms with Crippen LogP contribution >= 0.6 is 11.3 Å². The average molecular weight is 426 g/mol. The maximum Gasteiger partial charge on any atom is 0.263 e. The maximum atomic E-state index is 13.0. The number of unbranched alkanes of at least 4 members (excludes halogenated alkanes) is 1. The van der Waals surface area contributed by atoms with Gasteiger partial charge < -0.3 is 20.1 Å². The van der Waals surface area contributed by atoms with E-state index in [1.165, 1.54) is 27.8 Å². The monoisotopic (exact) mass is 425 g/mol. The van der Waals surface area contributed by atoms with E-state index in [2.05, 4.69) is 69.5 Å². The molecule has 1 unspecified atom stereocenters. The Kier molecular flexibility index (Phi) is 6.69. The van der Waals surface area contributed by atoms with Gasteiger partial charge in [0.25, 0.3) is 5.91 Å². The summed E-state index contributed by atoms with van der Waals surface area (Å²) in [7, 11) is 2.08. The molecule has 1 aromatic carbocycles. The van der Waals surface area contributed by atoms with Gasteiger partial charge in [0.15, 0.2) is 5.13 Å². The summed E-state index contributed by atoms with van der Waals surface area (Å²) in [5.41, 5.74) is 2.52. The van der Waals surface area contributed by atoms with Crippen LogP contribution in [-0.2, 0) is 13.5 Å². The number of rotatable bonds is 8. The first-order valence-corrected chi connectivity index (χ1v) is 11.7. The minimum absolute atomic E-state index is 0.00442. The van der Waals surface area contributed by atoms with Crippen molar-refractivity contribution in [3.05, 3.63) is 47.1 Å². The number of carbonyl (C=O) groups excluding carboxylic acids is 1. The van der Waals surface area contributed by atoms with Gasteiger partial charge >= 0.3 is 0 Å². The molecule has 1 fully saturated rings. The predicted molar refractivity (Wildman–Crippen MR) is 125 cm³/mol. The number of piperazine rings is 1. The largest absolute Gasteiger partial charge is 0.350 e. The zero-order valence-corrected chi connectivity index (χ0v) is 18.7. The van der Waals surface area contributed by atoms with Gasteiger partial charge in [-0.15, -0.1) is 0 Å². The lowest BCUT2D eigenvalue weighted by Gasteiger charge is -2.26. The predicted octanol–water partition coefficient (Wildman–Crippen LogP) is 3.58. The van der Waals surface area contributed by atoms with E-state index in [-0.39, 0.29) is 11.9 Å². The molecule has 30 heavy (non-hydrogen) atoms. The Morgan fingerprint density at radius 2 is 2.10 bits per heavy atom. The van der Waals surface area contributed by atoms with Crippen molar-refractivity contribution in [1.29, 1.82) is 0 Å². The molecule has 4 rings (SSSR count). The van der Waals surface area contributed by atoms with E-state index in [4.69, 9.17) is 0 Å². The van der Waals surface area contributed by atoms with Crippen LogP contribution in [0.15, 0.2) is 36.7 Å². The van der Waals surface area contributed by atoms with Crippen LogP contribution < -0.4 is 15.5 Å². The lowest BCUT2D eigenvalue weighted by Crippen LogP contribution is -2.43. The number of fused-ring (bicyclic) bond motifs is 1. The van der Waals surface area contributed by atoms with E-state index >= 15 is 0 Å². The lowest BCUT2D eigenvalue weighted by molar-refractivity contribution is 0.0938. The number of aryl methyl sites for hydroxylation is 1. The third kappa shape index (κ3) is 4.68. The second-order valence-corrected chi connectivity index (χ2v) is 9.05. The number of amides is 1. The molecule has 0 radical (unpaired) electrons. The van der Waals surface area contributed by atoms with Crippen LogP contribution in [0.3, 0.4) is 0 Å². The highest BCUT2D eigenvalue weighted by atomic mass is 32.1. The van der Waals surface area contributed by atoms with Gasteiger partial charge in [-0.3, -0.25) is 4.79 Å². The first-order valence-electron chi connectivity index (χ1n) is 10.9. The summed E-state index contributed by atoms with van der Waals surface area (Å²) in [6.07, 6.45) is 7.97. The molecule has 3 heterocycles. The Hall–Kier alpha value is -2.38. The Bertz CT molecular complexity index is 989. The molecule has 0 saturated carbocycles. The van der Waals surface area contributed by atoms with Crippen molar-refractivity contribution in [2.75, 3.05) is 31.1 Å². The molecule has 0 aliphatic carbocycles. The van der Waals surface area contributed by atoms with Gasteiger partial charge in [0.05, 0.1) is 6.20 Å². The summed E-state index contributed by atoms with van der Waals surface area (Å²) in [5, 5.41) is 8.87. The topological polar surface area (TPSA) is 62.2 Å². The van der Waals surface area contributed by atoms with Gasteiger partial charge in [0, 0.05) is 56.4 Å². The second kappa shape index (κ2) is 9.62. The molecule has 3 aromatic rings. The molecule has 2 N–H and O–H groups in total. The zero-order chi connectivity index (χ0) is 20.9. The molecule has 0 bridgehead atoms. The summed E-state index contributed by atoms with van der Waals surface area (Å²) in [6.45, 7) is 6.00. The fourth-order valence-electron chi connectivity index (χ4n) is 4.16. The zero-order valence-electron chi connectivity index (χ0n) is 17.9. The van der Waals surface area contributed by atoms with Crippen LogP contribution in [0.5, 0.6) is 0 Å². The van der Waals surface area contributed by atoms with E-state index in [9.17, 15) is 4.79 Å². The Morgan fingerprint density at radius 3 is 2.90 bits per heavy atom. The minimum Gasteiger partial charge on any atom is -0.350 e. The average Bonchev–Trinajstić information content (AvgIpc) is 3.39. The standard InChI is InChI=1S/C23H31N5OS/c1-3-4-7-18(14-17-16-27(2)20-9-6-5-8-19(17)20)26-22(29)21-15-25-23(30-21)28-12-10-24-11-13-28/h5-6,8-9,15-16,18,24H,3-4,7,10-14H2,1-2H3,(H,26,29). The minimum atomic E-state index is -0.00442. The van der Waals surface area contributed by atoms with Crippen molar-refractivity contribution in [2.45, 2.75) is 38.6 Å². The van der Waals surface area contributed by atoms with Gasteiger partial charge in [0.2, 0.25) is 0 Å². The molecule has 1 saturated heterocycles. The second-order valence-electron chi connectivity index (χ2n) is 8.04. The highest BCUT2D eigenvalue weighted by molar-refractivity contribution is 7.17. The number of hydrogen-bond acceptors (Lipinski definition) is 5. The summed E-state index contributed by atoms with van der Waals surface area (Å²) in [6, 6.07) is 8.59. The quantitative estimate of drug-likeness (QED) is 0.579. The third-order valence-corrected chi connectivity index (χ3v) is 6.85. The molecular formula is C23H31N5OS. The van der Waals surface area contributed by atoms with E-state index in [1.54, 1.807) is 6.20 Å². The first kappa shape index (κ1) is 20.9. The molecule has 7 heteroatoms. The van der Waals surface area contributed by atoms with Crippen molar-refractivity contribution in [1.82, 2.24) is 20.2 Å². The highest BCUT2D eigenvalue weighted by Gasteiger charge is 2.20. The van der Waals surface area contributed by atoms with Gasteiger partial charge in [-0.25, -0.2) is 4.98 Å². The number of anilines is 1. The summed E-state index contributed by atoms with van der Waals surface area (Å²) >= 11 is 1.50. The number of hydrogen-bond donors (Lipinski definition) is 2. The van der Waals surface area contributed by atoms with Crippen LogP contribution in [-0.4, -0.2) is 47.7 Å². The smallest absolute Gasteiger partial charge is 0.263 e. The van der Waals surface area contributed by atoms with Crippen molar-refractivity contribution >= 4 is 33.3 Å². The molecule has 1 aliphatic rings. The molecule has 6 nitrogen and oxygen atoms in total. The van der Waals surface area contributed by atoms with Crippen LogP contribution in [0.4, 0.5) is 5.13 Å². The summed E-state index contributed by atoms with van der Waals surface area (Å²) in [4.78, 5) is 20.5. The van der Waals surface area contributed by atoms with Crippen molar-refractivity contribution in [3.8, 4) is 0 Å². The molecule has 1 atom stereocenters. The number of carbonyl (C=O) groups is 1. The molecule has 0 spiro atoms. The number of benzene rings is 1. The maximum absolute atomic E-state index is 13.0. The fraction of sp³-hybridized carbons (Fsp3) is 0.478. The van der Waals surface area contributed by atoms with E-state index in [0.717, 1.165) is 57.0 Å². The van der Waals surface area contributed by atoms with E-state index < -0.39 is 0 Å². The SMILES string of the molecule is CCCCC(Cc1cn(C)c2ccccc12)NC(=O)c1cnc(N2CCNCC2)s1. The Balaban J connectivity index is 1.47. The summed E-state index contributed by atoms with van der Waals surface area (Å²) in [5.74, 6) is -0.00442. The van der Waals surface area contributed by atoms with Crippen molar-refractivity contribution < 1.29 is 4.79 Å². The molecule has 160 valence electrons. The van der Waals surface area contributed by atoms with E-state index in [1.807, 2.05) is 0 Å². The Labute approximate surface area is 182 Å². The number of nitrogens with zero attached hydrogens (tertiary/aromatic N) is 3. The third-order valence-electron chi connectivity index (χ3n) is 5.79. The summed E-state index contributed by atoms with van der Waals surface area (Å²) < 4.78 is 2.17. The molecule has 1 amide bonds. The molecule has 1 aliphatic heterocycles. The number of aromatic nitrogens is 2. The normalized spacial score (nSPS) is 15.5. The van der Waals surface area contributed by atoms with Crippen LogP contribution in [0, 0.1) is 0 Å².